The van der Waals surface area contributed by atoms with E-state index in [9.17, 15) is 0 Å². The molecule has 0 saturated heterocycles. The number of hydrogen-bond donors (Lipinski definition) is 0. The SMILES string of the molecule is Clc1ccc(N2CC3=C(OCCC3)c3ccccc32)cc1. The lowest BCUT2D eigenvalue weighted by atomic mass is 9.95. The van der Waals surface area contributed by atoms with Gasteiger partial charge < -0.3 is 9.64 Å². The maximum atomic E-state index is 6.01. The molecule has 106 valence electrons. The van der Waals surface area contributed by atoms with E-state index in [1.165, 1.54) is 22.5 Å². The molecule has 0 atom stereocenters. The van der Waals surface area contributed by atoms with Crippen molar-refractivity contribution < 1.29 is 4.74 Å². The molecule has 0 radical (unpaired) electrons. The van der Waals surface area contributed by atoms with E-state index in [0.717, 1.165) is 36.8 Å². The van der Waals surface area contributed by atoms with Gasteiger partial charge in [0.1, 0.15) is 5.76 Å². The van der Waals surface area contributed by atoms with Crippen molar-refractivity contribution in [1.82, 2.24) is 0 Å². The van der Waals surface area contributed by atoms with Gasteiger partial charge in [0.15, 0.2) is 0 Å². The highest BCUT2D eigenvalue weighted by molar-refractivity contribution is 6.30. The average Bonchev–Trinajstić information content (AvgIpc) is 2.55. The Labute approximate surface area is 129 Å². The van der Waals surface area contributed by atoms with Crippen LogP contribution in [0.4, 0.5) is 11.4 Å². The maximum absolute atomic E-state index is 6.01. The van der Waals surface area contributed by atoms with Gasteiger partial charge in [-0.1, -0.05) is 23.7 Å². The fraction of sp³-hybridized carbons (Fsp3) is 0.222. The first kappa shape index (κ1) is 12.8. The van der Waals surface area contributed by atoms with E-state index in [1.807, 2.05) is 12.1 Å². The molecule has 2 aliphatic rings. The third-order valence-electron chi connectivity index (χ3n) is 4.12. The van der Waals surface area contributed by atoms with Crippen LogP contribution >= 0.6 is 11.6 Å². The first-order valence-electron chi connectivity index (χ1n) is 7.30. The standard InChI is InChI=1S/C18H16ClNO/c19-14-7-9-15(10-8-14)20-12-13-4-3-11-21-18(13)16-5-1-2-6-17(16)20/h1-2,5-10H,3-4,11-12H2. The van der Waals surface area contributed by atoms with Crippen LogP contribution in [-0.2, 0) is 4.74 Å². The Balaban J connectivity index is 1.84. The van der Waals surface area contributed by atoms with Gasteiger partial charge in [0.05, 0.1) is 12.3 Å². The van der Waals surface area contributed by atoms with Crippen molar-refractivity contribution in [2.45, 2.75) is 12.8 Å². The lowest BCUT2D eigenvalue weighted by Gasteiger charge is -2.36. The van der Waals surface area contributed by atoms with Crippen LogP contribution < -0.4 is 4.90 Å². The minimum atomic E-state index is 0.768. The van der Waals surface area contributed by atoms with E-state index in [2.05, 4.69) is 41.3 Å². The summed E-state index contributed by atoms with van der Waals surface area (Å²) in [7, 11) is 0. The highest BCUT2D eigenvalue weighted by atomic mass is 35.5. The Kier molecular flexibility index (Phi) is 3.12. The predicted molar refractivity (Wildman–Crippen MR) is 87.0 cm³/mol. The monoisotopic (exact) mass is 297 g/mol. The van der Waals surface area contributed by atoms with Crippen LogP contribution in [0.2, 0.25) is 5.02 Å². The minimum absolute atomic E-state index is 0.768. The summed E-state index contributed by atoms with van der Waals surface area (Å²) in [6.07, 6.45) is 2.23. The van der Waals surface area contributed by atoms with Crippen molar-refractivity contribution in [3.63, 3.8) is 0 Å². The number of nitrogens with zero attached hydrogens (tertiary/aromatic N) is 1. The van der Waals surface area contributed by atoms with Crippen LogP contribution in [0.1, 0.15) is 18.4 Å². The smallest absolute Gasteiger partial charge is 0.129 e. The third kappa shape index (κ3) is 2.20. The number of fused-ring (bicyclic) bond motifs is 2. The van der Waals surface area contributed by atoms with E-state index < -0.39 is 0 Å². The second kappa shape index (κ2) is 5.12. The molecular weight excluding hydrogens is 282 g/mol. The molecule has 0 bridgehead atoms. The molecule has 0 aromatic heterocycles. The summed E-state index contributed by atoms with van der Waals surface area (Å²) in [5, 5.41) is 0.768. The largest absolute Gasteiger partial charge is 0.493 e. The van der Waals surface area contributed by atoms with Gasteiger partial charge in [0, 0.05) is 22.8 Å². The van der Waals surface area contributed by atoms with Gasteiger partial charge in [0.2, 0.25) is 0 Å². The highest BCUT2D eigenvalue weighted by Crippen LogP contribution is 2.42. The topological polar surface area (TPSA) is 12.5 Å². The van der Waals surface area contributed by atoms with Crippen molar-refractivity contribution in [3.05, 3.63) is 64.7 Å². The molecule has 2 aromatic carbocycles. The van der Waals surface area contributed by atoms with Crippen molar-refractivity contribution in [1.29, 1.82) is 0 Å². The molecule has 0 N–H and O–H groups in total. The van der Waals surface area contributed by atoms with Gasteiger partial charge in [-0.25, -0.2) is 0 Å². The summed E-state index contributed by atoms with van der Waals surface area (Å²) in [6, 6.07) is 16.5. The van der Waals surface area contributed by atoms with Crippen molar-refractivity contribution >= 4 is 28.7 Å². The minimum Gasteiger partial charge on any atom is -0.493 e. The normalized spacial score (nSPS) is 17.1. The second-order valence-electron chi connectivity index (χ2n) is 5.46. The molecule has 0 unspecified atom stereocenters. The number of hydrogen-bond acceptors (Lipinski definition) is 2. The van der Waals surface area contributed by atoms with E-state index >= 15 is 0 Å². The molecule has 21 heavy (non-hydrogen) atoms. The third-order valence-corrected chi connectivity index (χ3v) is 4.37. The molecule has 0 spiro atoms. The fourth-order valence-electron chi connectivity index (χ4n) is 3.12. The van der Waals surface area contributed by atoms with Crippen LogP contribution in [0.5, 0.6) is 0 Å². The number of halogens is 1. The molecule has 2 nitrogen and oxygen atoms in total. The average molecular weight is 298 g/mol. The Morgan fingerprint density at radius 1 is 1.00 bits per heavy atom. The van der Waals surface area contributed by atoms with Crippen LogP contribution in [0.25, 0.3) is 5.76 Å². The zero-order valence-corrected chi connectivity index (χ0v) is 12.4. The predicted octanol–water partition coefficient (Wildman–Crippen LogP) is 5.01. The lowest BCUT2D eigenvalue weighted by molar-refractivity contribution is 0.251. The van der Waals surface area contributed by atoms with E-state index in [4.69, 9.17) is 16.3 Å². The Morgan fingerprint density at radius 2 is 1.81 bits per heavy atom. The van der Waals surface area contributed by atoms with Crippen molar-refractivity contribution in [3.8, 4) is 0 Å². The van der Waals surface area contributed by atoms with Crippen molar-refractivity contribution in [2.75, 3.05) is 18.1 Å². The van der Waals surface area contributed by atoms with Crippen LogP contribution in [0.3, 0.4) is 0 Å². The molecular formula is C18H16ClNO. The van der Waals surface area contributed by atoms with Gasteiger partial charge in [-0.15, -0.1) is 0 Å². The number of rotatable bonds is 1. The number of ether oxygens (including phenoxy) is 1. The van der Waals surface area contributed by atoms with Gasteiger partial charge in [-0.05, 0) is 54.8 Å². The molecule has 2 heterocycles. The molecule has 0 aliphatic carbocycles. The first-order valence-corrected chi connectivity index (χ1v) is 7.68. The zero-order valence-electron chi connectivity index (χ0n) is 11.7. The highest BCUT2D eigenvalue weighted by Gasteiger charge is 2.27. The maximum Gasteiger partial charge on any atom is 0.129 e. The molecule has 0 amide bonds. The van der Waals surface area contributed by atoms with Crippen LogP contribution in [0, 0.1) is 0 Å². The zero-order chi connectivity index (χ0) is 14.2. The molecule has 3 heteroatoms. The summed E-state index contributed by atoms with van der Waals surface area (Å²) >= 11 is 6.01. The number of para-hydroxylation sites is 1. The summed E-state index contributed by atoms with van der Waals surface area (Å²) in [4.78, 5) is 2.35. The Bertz CT molecular complexity index is 705. The molecule has 2 aromatic rings. The van der Waals surface area contributed by atoms with Gasteiger partial charge in [-0.2, -0.15) is 0 Å². The van der Waals surface area contributed by atoms with Gasteiger partial charge >= 0.3 is 0 Å². The fourth-order valence-corrected chi connectivity index (χ4v) is 3.25. The van der Waals surface area contributed by atoms with E-state index in [0.29, 0.717) is 0 Å². The summed E-state index contributed by atoms with van der Waals surface area (Å²) < 4.78 is 5.94. The summed E-state index contributed by atoms with van der Waals surface area (Å²) in [5.41, 5.74) is 4.98. The Morgan fingerprint density at radius 3 is 2.67 bits per heavy atom. The van der Waals surface area contributed by atoms with Gasteiger partial charge in [-0.3, -0.25) is 0 Å². The molecule has 4 rings (SSSR count). The van der Waals surface area contributed by atoms with E-state index in [1.54, 1.807) is 0 Å². The van der Waals surface area contributed by atoms with Gasteiger partial charge in [0.25, 0.3) is 0 Å². The number of anilines is 2. The Hall–Kier alpha value is -1.93. The summed E-state index contributed by atoms with van der Waals surface area (Å²) in [6.45, 7) is 1.72. The van der Waals surface area contributed by atoms with Crippen molar-refractivity contribution in [2.24, 2.45) is 0 Å². The quantitative estimate of drug-likeness (QED) is 0.733. The van der Waals surface area contributed by atoms with Crippen LogP contribution in [-0.4, -0.2) is 13.2 Å². The summed E-state index contributed by atoms with van der Waals surface area (Å²) in [5.74, 6) is 1.10. The first-order chi connectivity index (χ1) is 10.3. The van der Waals surface area contributed by atoms with Crippen LogP contribution in [0.15, 0.2) is 54.1 Å². The molecule has 0 saturated carbocycles. The lowest BCUT2D eigenvalue weighted by Crippen LogP contribution is -2.28. The number of benzene rings is 2. The molecule has 2 aliphatic heterocycles. The molecule has 0 fully saturated rings. The second-order valence-corrected chi connectivity index (χ2v) is 5.90. The van der Waals surface area contributed by atoms with E-state index in [-0.39, 0.29) is 0 Å².